The van der Waals surface area contributed by atoms with Crippen molar-refractivity contribution in [1.29, 1.82) is 0 Å². The first-order chi connectivity index (χ1) is 10.8. The Kier molecular flexibility index (Phi) is 5.28. The number of piperidine rings is 1. The molecule has 1 aromatic rings. The molecule has 126 valence electrons. The van der Waals surface area contributed by atoms with Gasteiger partial charge in [0.25, 0.3) is 0 Å². The maximum absolute atomic E-state index is 12.7. The molecule has 1 saturated heterocycles. The molecular formula is C14H16ClNO6S. The summed E-state index contributed by atoms with van der Waals surface area (Å²) in [4.78, 5) is 22.4. The highest BCUT2D eigenvalue weighted by atomic mass is 35.5. The number of nitrogens with zero attached hydrogens (tertiary/aromatic N) is 1. The molecule has 0 bridgehead atoms. The fourth-order valence-electron chi connectivity index (χ4n) is 2.46. The number of benzene rings is 1. The Morgan fingerprint density at radius 3 is 2.65 bits per heavy atom. The Bertz CT molecular complexity index is 733. The predicted molar refractivity (Wildman–Crippen MR) is 81.9 cm³/mol. The molecule has 0 aliphatic carbocycles. The fourth-order valence-corrected chi connectivity index (χ4v) is 4.50. The van der Waals surface area contributed by atoms with Crippen molar-refractivity contribution in [2.75, 3.05) is 20.2 Å². The number of hydrogen-bond donors (Lipinski definition) is 1. The summed E-state index contributed by atoms with van der Waals surface area (Å²) >= 11 is 6.00. The van der Waals surface area contributed by atoms with E-state index in [-0.39, 0.29) is 28.6 Å². The van der Waals surface area contributed by atoms with Crippen molar-refractivity contribution in [3.05, 3.63) is 28.8 Å². The number of sulfonamides is 1. The van der Waals surface area contributed by atoms with E-state index in [4.69, 9.17) is 16.7 Å². The molecule has 0 radical (unpaired) electrons. The molecule has 0 aromatic heterocycles. The molecule has 1 unspecified atom stereocenters. The fraction of sp³-hybridized carbons (Fsp3) is 0.429. The van der Waals surface area contributed by atoms with Crippen molar-refractivity contribution in [2.24, 2.45) is 5.92 Å². The zero-order chi connectivity index (χ0) is 17.2. The minimum atomic E-state index is -3.92. The number of aliphatic carboxylic acids is 1. The number of ether oxygens (including phenoxy) is 1. The van der Waals surface area contributed by atoms with E-state index in [1.54, 1.807) is 0 Å². The van der Waals surface area contributed by atoms with Crippen molar-refractivity contribution in [2.45, 2.75) is 17.7 Å². The van der Waals surface area contributed by atoms with Crippen molar-refractivity contribution in [3.8, 4) is 0 Å². The molecule has 1 fully saturated rings. The summed E-state index contributed by atoms with van der Waals surface area (Å²) in [7, 11) is -2.71. The minimum absolute atomic E-state index is 0.0905. The zero-order valence-electron chi connectivity index (χ0n) is 12.4. The third kappa shape index (κ3) is 3.65. The average Bonchev–Trinajstić information content (AvgIpc) is 2.53. The topological polar surface area (TPSA) is 101 Å². The van der Waals surface area contributed by atoms with Crippen LogP contribution in [0.5, 0.6) is 0 Å². The maximum atomic E-state index is 12.7. The van der Waals surface area contributed by atoms with E-state index in [9.17, 15) is 18.0 Å². The van der Waals surface area contributed by atoms with Crippen LogP contribution in [0.15, 0.2) is 23.1 Å². The third-order valence-electron chi connectivity index (χ3n) is 3.70. The molecule has 0 saturated carbocycles. The molecule has 9 heteroatoms. The van der Waals surface area contributed by atoms with Crippen LogP contribution in [-0.2, 0) is 19.6 Å². The van der Waals surface area contributed by atoms with Gasteiger partial charge in [0.05, 0.1) is 23.6 Å². The van der Waals surface area contributed by atoms with E-state index in [2.05, 4.69) is 4.74 Å². The van der Waals surface area contributed by atoms with Gasteiger partial charge < -0.3 is 9.84 Å². The second-order valence-electron chi connectivity index (χ2n) is 5.18. The SMILES string of the molecule is COC(=O)c1ccc(S(=O)(=O)N2CCCC(C(=O)O)C2)c(Cl)c1. The molecule has 7 nitrogen and oxygen atoms in total. The lowest BCUT2D eigenvalue weighted by Gasteiger charge is -2.30. The molecule has 1 aromatic carbocycles. The maximum Gasteiger partial charge on any atom is 0.337 e. The van der Waals surface area contributed by atoms with Gasteiger partial charge in [0, 0.05) is 13.1 Å². The summed E-state index contributed by atoms with van der Waals surface area (Å²) in [6.45, 7) is 0.147. The van der Waals surface area contributed by atoms with Gasteiger partial charge in [0.15, 0.2) is 0 Å². The third-order valence-corrected chi connectivity index (χ3v) is 6.05. The van der Waals surface area contributed by atoms with Crippen LogP contribution in [0, 0.1) is 5.92 Å². The van der Waals surface area contributed by atoms with E-state index in [1.807, 2.05) is 0 Å². The summed E-state index contributed by atoms with van der Waals surface area (Å²) in [5.74, 6) is -2.37. The molecule has 0 spiro atoms. The van der Waals surface area contributed by atoms with E-state index >= 15 is 0 Å². The second kappa shape index (κ2) is 6.86. The van der Waals surface area contributed by atoms with E-state index < -0.39 is 27.9 Å². The monoisotopic (exact) mass is 361 g/mol. The lowest BCUT2D eigenvalue weighted by Crippen LogP contribution is -2.42. The van der Waals surface area contributed by atoms with Crippen LogP contribution in [0.4, 0.5) is 0 Å². The summed E-state index contributed by atoms with van der Waals surface area (Å²) in [6, 6.07) is 3.76. The molecule has 1 atom stereocenters. The summed E-state index contributed by atoms with van der Waals surface area (Å²) in [6.07, 6.45) is 0.907. The van der Waals surface area contributed by atoms with Crippen LogP contribution in [0.25, 0.3) is 0 Å². The quantitative estimate of drug-likeness (QED) is 0.817. The molecule has 2 rings (SSSR count). The van der Waals surface area contributed by atoms with Gasteiger partial charge in [-0.2, -0.15) is 4.31 Å². The molecule has 0 amide bonds. The Morgan fingerprint density at radius 1 is 1.39 bits per heavy atom. The molecule has 23 heavy (non-hydrogen) atoms. The molecular weight excluding hydrogens is 346 g/mol. The second-order valence-corrected chi connectivity index (χ2v) is 7.49. The largest absolute Gasteiger partial charge is 0.481 e. The lowest BCUT2D eigenvalue weighted by atomic mass is 10.0. The van der Waals surface area contributed by atoms with Gasteiger partial charge in [-0.05, 0) is 31.0 Å². The summed E-state index contributed by atoms with van der Waals surface area (Å²) in [5, 5.41) is 8.97. The number of halogens is 1. The van der Waals surface area contributed by atoms with Crippen LogP contribution in [-0.4, -0.2) is 50.0 Å². The Labute approximate surface area is 138 Å². The normalized spacial score (nSPS) is 19.3. The van der Waals surface area contributed by atoms with Crippen LogP contribution >= 0.6 is 11.6 Å². The summed E-state index contributed by atoms with van der Waals surface area (Å²) < 4.78 is 31.0. The Morgan fingerprint density at radius 2 is 2.09 bits per heavy atom. The van der Waals surface area contributed by atoms with Crippen LogP contribution in [0.2, 0.25) is 5.02 Å². The van der Waals surface area contributed by atoms with Gasteiger partial charge in [-0.3, -0.25) is 4.79 Å². The van der Waals surface area contributed by atoms with E-state index in [0.29, 0.717) is 12.8 Å². The highest BCUT2D eigenvalue weighted by Crippen LogP contribution is 2.29. The highest BCUT2D eigenvalue weighted by Gasteiger charge is 2.34. The summed E-state index contributed by atoms with van der Waals surface area (Å²) in [5.41, 5.74) is 0.138. The van der Waals surface area contributed by atoms with Crippen molar-refractivity contribution in [3.63, 3.8) is 0 Å². The predicted octanol–water partition coefficient (Wildman–Crippen LogP) is 1.61. The number of rotatable bonds is 4. The van der Waals surface area contributed by atoms with Gasteiger partial charge in [0.2, 0.25) is 10.0 Å². The van der Waals surface area contributed by atoms with Crippen molar-refractivity contribution < 1.29 is 27.9 Å². The van der Waals surface area contributed by atoms with Crippen molar-refractivity contribution >= 4 is 33.6 Å². The minimum Gasteiger partial charge on any atom is -0.481 e. The van der Waals surface area contributed by atoms with Crippen LogP contribution < -0.4 is 0 Å². The number of hydrogen-bond acceptors (Lipinski definition) is 5. The van der Waals surface area contributed by atoms with Gasteiger partial charge >= 0.3 is 11.9 Å². The number of methoxy groups -OCH3 is 1. The van der Waals surface area contributed by atoms with E-state index in [1.165, 1.54) is 25.3 Å². The average molecular weight is 362 g/mol. The standard InChI is InChI=1S/C14H16ClNO6S/c1-22-14(19)9-4-5-12(11(15)7-9)23(20,21)16-6-2-3-10(8-16)13(17)18/h4-5,7,10H,2-3,6,8H2,1H3,(H,17,18). The highest BCUT2D eigenvalue weighted by molar-refractivity contribution is 7.89. The molecule has 1 aliphatic rings. The van der Waals surface area contributed by atoms with Gasteiger partial charge in [-0.15, -0.1) is 0 Å². The number of carboxylic acids is 1. The first-order valence-electron chi connectivity index (χ1n) is 6.88. The lowest BCUT2D eigenvalue weighted by molar-refractivity contribution is -0.142. The van der Waals surface area contributed by atoms with E-state index in [0.717, 1.165) is 4.31 Å². The first-order valence-corrected chi connectivity index (χ1v) is 8.70. The van der Waals surface area contributed by atoms with Crippen LogP contribution in [0.3, 0.4) is 0 Å². The van der Waals surface area contributed by atoms with Crippen LogP contribution in [0.1, 0.15) is 23.2 Å². The van der Waals surface area contributed by atoms with Gasteiger partial charge in [0.1, 0.15) is 4.90 Å². The molecule has 1 aliphatic heterocycles. The first kappa shape index (κ1) is 17.7. The van der Waals surface area contributed by atoms with Gasteiger partial charge in [-0.25, -0.2) is 13.2 Å². The van der Waals surface area contributed by atoms with Gasteiger partial charge in [-0.1, -0.05) is 11.6 Å². The zero-order valence-corrected chi connectivity index (χ0v) is 13.9. The Balaban J connectivity index is 2.32. The number of carbonyl (C=O) groups is 2. The Hall–Kier alpha value is -1.64. The number of carboxylic acid groups (broad SMARTS) is 1. The number of carbonyl (C=O) groups excluding carboxylic acids is 1. The molecule has 1 heterocycles. The molecule has 1 N–H and O–H groups in total. The smallest absolute Gasteiger partial charge is 0.337 e. The number of esters is 1. The van der Waals surface area contributed by atoms with Crippen molar-refractivity contribution in [1.82, 2.24) is 4.31 Å².